The van der Waals surface area contributed by atoms with E-state index in [1.165, 1.54) is 0 Å². The third-order valence-electron chi connectivity index (χ3n) is 3.71. The molecule has 1 saturated heterocycles. The molecule has 1 aromatic rings. The van der Waals surface area contributed by atoms with Gasteiger partial charge in [-0.15, -0.1) is 0 Å². The van der Waals surface area contributed by atoms with Gasteiger partial charge in [-0.05, 0) is 50.6 Å². The summed E-state index contributed by atoms with van der Waals surface area (Å²) in [6, 6.07) is 5.34. The zero-order valence-corrected chi connectivity index (χ0v) is 14.3. The second-order valence-electron chi connectivity index (χ2n) is 5.26. The van der Waals surface area contributed by atoms with Crippen molar-refractivity contribution < 1.29 is 8.42 Å². The SMILES string of the molecule is CCN1CCCC(NS(=O)(=O)c2cc(Br)ccc2C)C1. The number of likely N-dealkylation sites (N-methyl/N-ethyl adjacent to an activating group) is 1. The normalized spacial score (nSPS) is 21.1. The molecule has 0 amide bonds. The van der Waals surface area contributed by atoms with E-state index in [4.69, 9.17) is 0 Å². The molecule has 0 aromatic heterocycles. The van der Waals surface area contributed by atoms with Crippen LogP contribution < -0.4 is 4.72 Å². The smallest absolute Gasteiger partial charge is 0.241 e. The predicted octanol–water partition coefficient (Wildman–Crippen LogP) is 2.52. The van der Waals surface area contributed by atoms with Gasteiger partial charge in [0.1, 0.15) is 0 Å². The van der Waals surface area contributed by atoms with Crippen LogP contribution in [0.25, 0.3) is 0 Å². The fourth-order valence-electron chi connectivity index (χ4n) is 2.59. The van der Waals surface area contributed by atoms with Gasteiger partial charge in [0, 0.05) is 17.1 Å². The molecule has 2 rings (SSSR count). The second kappa shape index (κ2) is 6.56. The molecule has 1 aliphatic rings. The van der Waals surface area contributed by atoms with Crippen LogP contribution in [0.1, 0.15) is 25.3 Å². The quantitative estimate of drug-likeness (QED) is 0.897. The van der Waals surface area contributed by atoms with Crippen molar-refractivity contribution in [1.29, 1.82) is 0 Å². The first-order valence-electron chi connectivity index (χ1n) is 6.93. The summed E-state index contributed by atoms with van der Waals surface area (Å²) < 4.78 is 28.7. The van der Waals surface area contributed by atoms with Crippen molar-refractivity contribution in [2.75, 3.05) is 19.6 Å². The van der Waals surface area contributed by atoms with Gasteiger partial charge in [-0.25, -0.2) is 13.1 Å². The van der Waals surface area contributed by atoms with Crippen LogP contribution in [0.3, 0.4) is 0 Å². The average Bonchev–Trinajstić information content (AvgIpc) is 2.41. The predicted molar refractivity (Wildman–Crippen MR) is 84.3 cm³/mol. The Morgan fingerprint density at radius 2 is 2.20 bits per heavy atom. The standard InChI is InChI=1S/C14H21BrN2O2S/c1-3-17-8-4-5-13(10-17)16-20(18,19)14-9-12(15)7-6-11(14)2/h6-7,9,13,16H,3-5,8,10H2,1-2H3. The zero-order chi connectivity index (χ0) is 14.8. The second-order valence-corrected chi connectivity index (χ2v) is 7.86. The Kier molecular flexibility index (Phi) is 5.23. The number of rotatable bonds is 4. The van der Waals surface area contributed by atoms with Gasteiger partial charge >= 0.3 is 0 Å². The lowest BCUT2D eigenvalue weighted by molar-refractivity contribution is 0.211. The maximum absolute atomic E-state index is 12.5. The van der Waals surface area contributed by atoms with Crippen LogP contribution in [0.15, 0.2) is 27.6 Å². The van der Waals surface area contributed by atoms with Crippen LogP contribution in [-0.4, -0.2) is 39.0 Å². The minimum atomic E-state index is -3.45. The summed E-state index contributed by atoms with van der Waals surface area (Å²) in [7, 11) is -3.45. The van der Waals surface area contributed by atoms with E-state index in [-0.39, 0.29) is 6.04 Å². The lowest BCUT2D eigenvalue weighted by Crippen LogP contribution is -2.47. The summed E-state index contributed by atoms with van der Waals surface area (Å²) in [5.74, 6) is 0. The molecule has 4 nitrogen and oxygen atoms in total. The van der Waals surface area contributed by atoms with Crippen molar-refractivity contribution in [3.05, 3.63) is 28.2 Å². The summed E-state index contributed by atoms with van der Waals surface area (Å²) in [6.07, 6.45) is 1.95. The van der Waals surface area contributed by atoms with Crippen molar-refractivity contribution in [2.24, 2.45) is 0 Å². The van der Waals surface area contributed by atoms with Gasteiger partial charge in [0.15, 0.2) is 0 Å². The molecule has 1 aliphatic heterocycles. The molecule has 0 spiro atoms. The Balaban J connectivity index is 2.16. The molecule has 1 aromatic carbocycles. The van der Waals surface area contributed by atoms with Gasteiger partial charge in [0.2, 0.25) is 10.0 Å². The summed E-state index contributed by atoms with van der Waals surface area (Å²) in [5, 5.41) is 0. The highest BCUT2D eigenvalue weighted by Crippen LogP contribution is 2.21. The topological polar surface area (TPSA) is 49.4 Å². The summed E-state index contributed by atoms with van der Waals surface area (Å²) in [5.41, 5.74) is 0.767. The van der Waals surface area contributed by atoms with Gasteiger partial charge in [-0.1, -0.05) is 28.9 Å². The van der Waals surface area contributed by atoms with Crippen molar-refractivity contribution >= 4 is 26.0 Å². The minimum Gasteiger partial charge on any atom is -0.302 e. The van der Waals surface area contributed by atoms with Gasteiger partial charge in [-0.2, -0.15) is 0 Å². The first kappa shape index (κ1) is 15.9. The molecule has 1 unspecified atom stereocenters. The highest BCUT2D eigenvalue weighted by Gasteiger charge is 2.25. The third kappa shape index (κ3) is 3.81. The van der Waals surface area contributed by atoms with Crippen LogP contribution in [0.2, 0.25) is 0 Å². The van der Waals surface area contributed by atoms with Gasteiger partial charge in [0.05, 0.1) is 4.90 Å². The molecular formula is C14H21BrN2O2S. The number of hydrogen-bond acceptors (Lipinski definition) is 3. The number of aryl methyl sites for hydroxylation is 1. The molecule has 0 aliphatic carbocycles. The maximum atomic E-state index is 12.5. The molecule has 1 heterocycles. The molecule has 1 atom stereocenters. The van der Waals surface area contributed by atoms with Crippen molar-refractivity contribution in [2.45, 2.75) is 37.6 Å². The monoisotopic (exact) mass is 360 g/mol. The summed E-state index contributed by atoms with van der Waals surface area (Å²) in [4.78, 5) is 2.64. The third-order valence-corrected chi connectivity index (χ3v) is 5.87. The molecule has 112 valence electrons. The van der Waals surface area contributed by atoms with Gasteiger partial charge in [0.25, 0.3) is 0 Å². The van der Waals surface area contributed by atoms with E-state index in [0.29, 0.717) is 4.90 Å². The number of halogens is 1. The lowest BCUT2D eigenvalue weighted by atomic mass is 10.1. The number of likely N-dealkylation sites (tertiary alicyclic amines) is 1. The van der Waals surface area contributed by atoms with Crippen LogP contribution in [0.4, 0.5) is 0 Å². The number of piperidine rings is 1. The first-order chi connectivity index (χ1) is 9.42. The largest absolute Gasteiger partial charge is 0.302 e. The van der Waals surface area contributed by atoms with E-state index < -0.39 is 10.0 Å². The highest BCUT2D eigenvalue weighted by atomic mass is 79.9. The molecule has 20 heavy (non-hydrogen) atoms. The van der Waals surface area contributed by atoms with E-state index in [1.54, 1.807) is 6.07 Å². The Labute approximate surface area is 129 Å². The minimum absolute atomic E-state index is 0.00656. The fraction of sp³-hybridized carbons (Fsp3) is 0.571. The van der Waals surface area contributed by atoms with Crippen LogP contribution >= 0.6 is 15.9 Å². The molecule has 6 heteroatoms. The van der Waals surface area contributed by atoms with Crippen LogP contribution in [-0.2, 0) is 10.0 Å². The fourth-order valence-corrected chi connectivity index (χ4v) is 4.63. The number of hydrogen-bond donors (Lipinski definition) is 1. The first-order valence-corrected chi connectivity index (χ1v) is 9.21. The van der Waals surface area contributed by atoms with Crippen molar-refractivity contribution in [3.63, 3.8) is 0 Å². The zero-order valence-electron chi connectivity index (χ0n) is 11.9. The Bertz CT molecular complexity index is 575. The van der Waals surface area contributed by atoms with E-state index in [0.717, 1.165) is 42.5 Å². The van der Waals surface area contributed by atoms with E-state index >= 15 is 0 Å². The van der Waals surface area contributed by atoms with Crippen LogP contribution in [0.5, 0.6) is 0 Å². The Hall–Kier alpha value is -0.430. The highest BCUT2D eigenvalue weighted by molar-refractivity contribution is 9.10. The molecule has 0 bridgehead atoms. The molecule has 0 saturated carbocycles. The average molecular weight is 361 g/mol. The van der Waals surface area contributed by atoms with E-state index in [9.17, 15) is 8.42 Å². The van der Waals surface area contributed by atoms with Crippen molar-refractivity contribution in [1.82, 2.24) is 9.62 Å². The Morgan fingerprint density at radius 3 is 2.90 bits per heavy atom. The number of nitrogens with zero attached hydrogens (tertiary/aromatic N) is 1. The van der Waals surface area contributed by atoms with E-state index in [1.807, 2.05) is 19.1 Å². The van der Waals surface area contributed by atoms with Crippen LogP contribution in [0, 0.1) is 6.92 Å². The molecule has 0 radical (unpaired) electrons. The molecule has 1 fully saturated rings. The number of benzene rings is 1. The summed E-state index contributed by atoms with van der Waals surface area (Å²) in [6.45, 7) is 6.75. The number of sulfonamides is 1. The molecular weight excluding hydrogens is 340 g/mol. The van der Waals surface area contributed by atoms with Crippen molar-refractivity contribution in [3.8, 4) is 0 Å². The maximum Gasteiger partial charge on any atom is 0.241 e. The van der Waals surface area contributed by atoms with Gasteiger partial charge in [-0.3, -0.25) is 0 Å². The summed E-state index contributed by atoms with van der Waals surface area (Å²) >= 11 is 3.33. The van der Waals surface area contributed by atoms with E-state index in [2.05, 4.69) is 32.5 Å². The molecule has 1 N–H and O–H groups in total. The van der Waals surface area contributed by atoms with Gasteiger partial charge < -0.3 is 4.90 Å². The Morgan fingerprint density at radius 1 is 1.45 bits per heavy atom. The number of nitrogens with one attached hydrogen (secondary N) is 1. The lowest BCUT2D eigenvalue weighted by Gasteiger charge is -2.32.